The minimum atomic E-state index is -4.62. The molecule has 24 heavy (non-hydrogen) atoms. The van der Waals surface area contributed by atoms with Crippen LogP contribution in [0.5, 0.6) is 5.88 Å². The van der Waals surface area contributed by atoms with Crippen molar-refractivity contribution in [3.63, 3.8) is 0 Å². The number of fused-ring (bicyclic) bond motifs is 2. The minimum Gasteiger partial charge on any atom is -0.480 e. The Hall–Kier alpha value is -1.64. The maximum absolute atomic E-state index is 12.9. The number of ketones is 1. The lowest BCUT2D eigenvalue weighted by Gasteiger charge is -2.27. The van der Waals surface area contributed by atoms with Crippen molar-refractivity contribution in [2.45, 2.75) is 42.4 Å². The van der Waals surface area contributed by atoms with Crippen LogP contribution in [0.2, 0.25) is 0 Å². The molecule has 2 aliphatic rings. The third-order valence-corrected chi connectivity index (χ3v) is 7.56. The first kappa shape index (κ1) is 17.2. The summed E-state index contributed by atoms with van der Waals surface area (Å²) < 4.78 is 67.7. The molecule has 9 heteroatoms. The fourth-order valence-electron chi connectivity index (χ4n) is 3.59. The van der Waals surface area contributed by atoms with Crippen LogP contribution in [-0.2, 0) is 16.0 Å². The third-order valence-electron chi connectivity index (χ3n) is 4.84. The van der Waals surface area contributed by atoms with Crippen LogP contribution in [0.4, 0.5) is 13.2 Å². The zero-order valence-electron chi connectivity index (χ0n) is 12.8. The van der Waals surface area contributed by atoms with Crippen LogP contribution >= 0.6 is 0 Å². The summed E-state index contributed by atoms with van der Waals surface area (Å²) >= 11 is 0. The van der Waals surface area contributed by atoms with Gasteiger partial charge in [0.1, 0.15) is 0 Å². The number of rotatable bonds is 3. The molecule has 2 saturated heterocycles. The molecule has 2 unspecified atom stereocenters. The van der Waals surface area contributed by atoms with E-state index in [4.69, 9.17) is 4.74 Å². The van der Waals surface area contributed by atoms with E-state index in [0.717, 1.165) is 6.07 Å². The average Bonchev–Trinajstić information content (AvgIpc) is 2.70. The Morgan fingerprint density at radius 1 is 1.25 bits per heavy atom. The highest BCUT2D eigenvalue weighted by atomic mass is 32.2. The zero-order chi connectivity index (χ0) is 17.7. The maximum Gasteiger partial charge on any atom is 0.417 e. The second kappa shape index (κ2) is 5.72. The molecule has 1 aromatic rings. The largest absolute Gasteiger partial charge is 0.480 e. The number of hydrogen-bond donors (Lipinski definition) is 0. The Bertz CT molecular complexity index is 755. The van der Waals surface area contributed by atoms with Gasteiger partial charge in [-0.1, -0.05) is 0 Å². The molecular formula is C15H16F3NO4S. The number of methoxy groups -OCH3 is 1. The minimum absolute atomic E-state index is 0.150. The Morgan fingerprint density at radius 2 is 1.83 bits per heavy atom. The summed E-state index contributed by atoms with van der Waals surface area (Å²) in [5, 5.41) is -1.15. The molecule has 2 bridgehead atoms. The van der Waals surface area contributed by atoms with Gasteiger partial charge in [0.2, 0.25) is 5.88 Å². The SMILES string of the molecule is COc1ncc(C(F)(F)F)cc1C(=O)C1CC2CCC(C1)S2(=O)=O. The molecule has 0 aromatic carbocycles. The van der Waals surface area contributed by atoms with Crippen LogP contribution in [0.1, 0.15) is 41.6 Å². The summed E-state index contributed by atoms with van der Waals surface area (Å²) in [5.41, 5.74) is -1.27. The summed E-state index contributed by atoms with van der Waals surface area (Å²) in [5.74, 6) is -1.32. The van der Waals surface area contributed by atoms with Crippen molar-refractivity contribution in [2.75, 3.05) is 7.11 Å². The molecule has 0 amide bonds. The lowest BCUT2D eigenvalue weighted by atomic mass is 9.90. The number of nitrogens with zero attached hydrogens (tertiary/aromatic N) is 1. The number of Topliss-reactive ketones (excluding diaryl/α,β-unsaturated/α-hetero) is 1. The number of carbonyl (C=O) groups is 1. The van der Waals surface area contributed by atoms with Crippen molar-refractivity contribution in [3.05, 3.63) is 23.4 Å². The number of halogens is 3. The van der Waals surface area contributed by atoms with Crippen molar-refractivity contribution < 1.29 is 31.1 Å². The second-order valence-electron chi connectivity index (χ2n) is 6.22. The topological polar surface area (TPSA) is 73.3 Å². The summed E-state index contributed by atoms with van der Waals surface area (Å²) in [4.78, 5) is 16.3. The maximum atomic E-state index is 12.9. The standard InChI is InChI=1S/C15H16F3NO4S/c1-23-14-12(6-9(7-19-14)15(16,17)18)13(20)8-4-10-2-3-11(5-8)24(10,21)22/h6-8,10-11H,2-5H2,1H3. The van der Waals surface area contributed by atoms with Gasteiger partial charge in [0.05, 0.1) is 28.7 Å². The van der Waals surface area contributed by atoms with Gasteiger partial charge in [-0.05, 0) is 31.7 Å². The Labute approximate surface area is 137 Å². The van der Waals surface area contributed by atoms with E-state index in [9.17, 15) is 26.4 Å². The van der Waals surface area contributed by atoms with Crippen LogP contribution in [0, 0.1) is 5.92 Å². The van der Waals surface area contributed by atoms with E-state index in [0.29, 0.717) is 19.0 Å². The van der Waals surface area contributed by atoms with Gasteiger partial charge in [0.25, 0.3) is 0 Å². The zero-order valence-corrected chi connectivity index (χ0v) is 13.7. The van der Waals surface area contributed by atoms with E-state index in [1.165, 1.54) is 7.11 Å². The number of sulfone groups is 1. The van der Waals surface area contributed by atoms with Crippen LogP contribution in [0.25, 0.3) is 0 Å². The molecule has 0 spiro atoms. The van der Waals surface area contributed by atoms with Crippen molar-refractivity contribution in [1.82, 2.24) is 4.98 Å². The van der Waals surface area contributed by atoms with E-state index >= 15 is 0 Å². The predicted octanol–water partition coefficient (Wildman–Crippen LogP) is 2.65. The quantitative estimate of drug-likeness (QED) is 0.772. The molecule has 2 atom stereocenters. The van der Waals surface area contributed by atoms with Gasteiger partial charge in [-0.2, -0.15) is 13.2 Å². The van der Waals surface area contributed by atoms with Gasteiger partial charge < -0.3 is 4.74 Å². The van der Waals surface area contributed by atoms with Gasteiger partial charge in [-0.3, -0.25) is 4.79 Å². The average molecular weight is 363 g/mol. The van der Waals surface area contributed by atoms with Crippen LogP contribution in [-0.4, -0.2) is 36.8 Å². The Balaban J connectivity index is 1.93. The van der Waals surface area contributed by atoms with Crippen LogP contribution in [0.15, 0.2) is 12.3 Å². The van der Waals surface area contributed by atoms with E-state index in [1.807, 2.05) is 0 Å². The lowest BCUT2D eigenvalue weighted by molar-refractivity contribution is -0.137. The fraction of sp³-hybridized carbons (Fsp3) is 0.600. The molecule has 0 N–H and O–H groups in total. The molecule has 5 nitrogen and oxygen atoms in total. The van der Waals surface area contributed by atoms with Crippen molar-refractivity contribution >= 4 is 15.6 Å². The first-order valence-electron chi connectivity index (χ1n) is 7.52. The molecule has 0 saturated carbocycles. The normalized spacial score (nSPS) is 28.6. The lowest BCUT2D eigenvalue weighted by Crippen LogP contribution is -2.36. The van der Waals surface area contributed by atoms with Crippen molar-refractivity contribution in [3.8, 4) is 5.88 Å². The summed E-state index contributed by atoms with van der Waals surface area (Å²) in [6, 6.07) is 0.735. The van der Waals surface area contributed by atoms with E-state index < -0.39 is 43.8 Å². The number of aromatic nitrogens is 1. The van der Waals surface area contributed by atoms with E-state index in [1.54, 1.807) is 0 Å². The van der Waals surface area contributed by atoms with Crippen molar-refractivity contribution in [1.29, 1.82) is 0 Å². The van der Waals surface area contributed by atoms with Crippen LogP contribution in [0.3, 0.4) is 0 Å². The number of ether oxygens (including phenoxy) is 1. The predicted molar refractivity (Wildman–Crippen MR) is 78.6 cm³/mol. The van der Waals surface area contributed by atoms with Gasteiger partial charge in [0.15, 0.2) is 15.6 Å². The highest BCUT2D eigenvalue weighted by molar-refractivity contribution is 7.93. The smallest absolute Gasteiger partial charge is 0.417 e. The summed E-state index contributed by atoms with van der Waals surface area (Å²) in [6.45, 7) is 0. The molecule has 2 fully saturated rings. The number of hydrogen-bond acceptors (Lipinski definition) is 5. The van der Waals surface area contributed by atoms with Crippen LogP contribution < -0.4 is 4.74 Å². The highest BCUT2D eigenvalue weighted by Crippen LogP contribution is 2.43. The van der Waals surface area contributed by atoms with E-state index in [2.05, 4.69) is 4.98 Å². The van der Waals surface area contributed by atoms with E-state index in [-0.39, 0.29) is 24.3 Å². The third kappa shape index (κ3) is 2.78. The first-order chi connectivity index (χ1) is 11.1. The molecular weight excluding hydrogens is 347 g/mol. The molecule has 3 rings (SSSR count). The monoisotopic (exact) mass is 363 g/mol. The number of alkyl halides is 3. The number of carbonyl (C=O) groups excluding carboxylic acids is 1. The van der Waals surface area contributed by atoms with Gasteiger partial charge in [0, 0.05) is 12.1 Å². The summed E-state index contributed by atoms with van der Waals surface area (Å²) in [6.07, 6.45) is -2.69. The second-order valence-corrected chi connectivity index (χ2v) is 8.73. The molecule has 132 valence electrons. The molecule has 1 aromatic heterocycles. The first-order valence-corrected chi connectivity index (χ1v) is 9.13. The Kier molecular flexibility index (Phi) is 4.09. The molecule has 3 heterocycles. The van der Waals surface area contributed by atoms with Crippen molar-refractivity contribution in [2.24, 2.45) is 5.92 Å². The Morgan fingerprint density at radius 3 is 2.33 bits per heavy atom. The number of pyridine rings is 1. The summed E-state index contributed by atoms with van der Waals surface area (Å²) in [7, 11) is -1.98. The highest BCUT2D eigenvalue weighted by Gasteiger charge is 2.49. The molecule has 2 aliphatic heterocycles. The van der Waals surface area contributed by atoms with Gasteiger partial charge in [-0.25, -0.2) is 13.4 Å². The van der Waals surface area contributed by atoms with Gasteiger partial charge in [-0.15, -0.1) is 0 Å². The molecule has 0 aliphatic carbocycles. The molecule has 0 radical (unpaired) electrons. The van der Waals surface area contributed by atoms with Gasteiger partial charge >= 0.3 is 6.18 Å². The fourth-order valence-corrected chi connectivity index (χ4v) is 6.06.